The van der Waals surface area contributed by atoms with Crippen LogP contribution in [0.25, 0.3) is 0 Å². The lowest BCUT2D eigenvalue weighted by Crippen LogP contribution is -1.99. The van der Waals surface area contributed by atoms with Crippen molar-refractivity contribution in [3.63, 3.8) is 0 Å². The van der Waals surface area contributed by atoms with E-state index < -0.39 is 0 Å². The van der Waals surface area contributed by atoms with Gasteiger partial charge in [0.25, 0.3) is 0 Å². The van der Waals surface area contributed by atoms with Crippen LogP contribution in [0.4, 0.5) is 0 Å². The number of hydrogen-bond donors (Lipinski definition) is 1. The summed E-state index contributed by atoms with van der Waals surface area (Å²) in [7, 11) is 1.70. The molecule has 0 aliphatic heterocycles. The highest BCUT2D eigenvalue weighted by Crippen LogP contribution is 2.01. The Morgan fingerprint density at radius 2 is 2.14 bits per heavy atom. The molecule has 0 radical (unpaired) electrons. The van der Waals surface area contributed by atoms with E-state index in [1.54, 1.807) is 7.11 Å². The van der Waals surface area contributed by atoms with Crippen LogP contribution in [0.1, 0.15) is 20.3 Å². The monoisotopic (exact) mass is 195 g/mol. The zero-order valence-electron chi connectivity index (χ0n) is 9.36. The molecular weight excluding hydrogens is 174 g/mol. The number of nitrogens with two attached hydrogens (primary N) is 1. The lowest BCUT2D eigenvalue weighted by atomic mass is 10.1. The molecule has 14 heavy (non-hydrogen) atoms. The first kappa shape index (κ1) is 13.1. The van der Waals surface area contributed by atoms with Gasteiger partial charge in [0.15, 0.2) is 0 Å². The van der Waals surface area contributed by atoms with Gasteiger partial charge < -0.3 is 10.5 Å². The van der Waals surface area contributed by atoms with Crippen LogP contribution >= 0.6 is 0 Å². The molecule has 0 fully saturated rings. The largest absolute Gasteiger partial charge is 0.378 e. The van der Waals surface area contributed by atoms with E-state index in [1.165, 1.54) is 5.57 Å². The van der Waals surface area contributed by atoms with Crippen molar-refractivity contribution in [2.45, 2.75) is 26.4 Å². The Labute approximate surface area is 87.1 Å². The Kier molecular flexibility index (Phi) is 8.19. The minimum absolute atomic E-state index is 0.170. The number of allylic oxidation sites excluding steroid dienone is 4. The summed E-state index contributed by atoms with van der Waals surface area (Å²) >= 11 is 0. The molecule has 0 aromatic heterocycles. The molecule has 0 rings (SSSR count). The Bertz CT molecular complexity index is 216. The number of methoxy groups -OCH3 is 1. The van der Waals surface area contributed by atoms with Gasteiger partial charge in [-0.2, -0.15) is 0 Å². The van der Waals surface area contributed by atoms with E-state index in [1.807, 2.05) is 32.1 Å². The molecule has 80 valence electrons. The molecule has 2 heteroatoms. The second-order valence-corrected chi connectivity index (χ2v) is 3.09. The van der Waals surface area contributed by atoms with E-state index in [0.717, 1.165) is 6.42 Å². The molecule has 0 aromatic rings. The van der Waals surface area contributed by atoms with Gasteiger partial charge in [-0.05, 0) is 26.8 Å². The molecule has 1 unspecified atom stereocenters. The second kappa shape index (κ2) is 8.73. The Balaban J connectivity index is 3.97. The third kappa shape index (κ3) is 6.63. The van der Waals surface area contributed by atoms with E-state index >= 15 is 0 Å². The van der Waals surface area contributed by atoms with Crippen molar-refractivity contribution >= 4 is 0 Å². The molecule has 0 aliphatic carbocycles. The number of ether oxygens (including phenoxy) is 1. The predicted molar refractivity (Wildman–Crippen MR) is 62.2 cm³/mol. The highest BCUT2D eigenvalue weighted by Gasteiger charge is 1.88. The molecule has 1 atom stereocenters. The third-order valence-corrected chi connectivity index (χ3v) is 1.98. The summed E-state index contributed by atoms with van der Waals surface area (Å²) in [6, 6.07) is 0. The highest BCUT2D eigenvalue weighted by atomic mass is 16.5. The highest BCUT2D eigenvalue weighted by molar-refractivity contribution is 5.22. The predicted octanol–water partition coefficient (Wildman–Crippen LogP) is 2.43. The van der Waals surface area contributed by atoms with Gasteiger partial charge in [-0.25, -0.2) is 0 Å². The second-order valence-electron chi connectivity index (χ2n) is 3.09. The smallest absolute Gasteiger partial charge is 0.0726 e. The van der Waals surface area contributed by atoms with E-state index in [4.69, 9.17) is 10.5 Å². The average molecular weight is 195 g/mol. The van der Waals surface area contributed by atoms with Crippen LogP contribution in [0, 0.1) is 0 Å². The Morgan fingerprint density at radius 3 is 2.64 bits per heavy atom. The fraction of sp³-hybridized carbons (Fsp3) is 0.500. The van der Waals surface area contributed by atoms with Crippen molar-refractivity contribution in [1.82, 2.24) is 0 Å². The molecule has 0 aromatic carbocycles. The minimum Gasteiger partial charge on any atom is -0.378 e. The first-order valence-corrected chi connectivity index (χ1v) is 4.97. The van der Waals surface area contributed by atoms with Crippen LogP contribution in [0.15, 0.2) is 36.0 Å². The van der Waals surface area contributed by atoms with Crippen LogP contribution in [-0.2, 0) is 4.74 Å². The SMILES string of the molecule is C\C=C(/C=C\C=C/C(C)OC)CCN. The average Bonchev–Trinajstić information content (AvgIpc) is 2.22. The van der Waals surface area contributed by atoms with Crippen molar-refractivity contribution in [2.75, 3.05) is 13.7 Å². The van der Waals surface area contributed by atoms with Crippen molar-refractivity contribution in [3.8, 4) is 0 Å². The summed E-state index contributed by atoms with van der Waals surface area (Å²) in [5, 5.41) is 0. The normalized spacial score (nSPS) is 15.6. The molecule has 2 N–H and O–H groups in total. The van der Waals surface area contributed by atoms with E-state index in [-0.39, 0.29) is 6.10 Å². The zero-order valence-corrected chi connectivity index (χ0v) is 9.36. The number of rotatable bonds is 6. The maximum absolute atomic E-state index is 5.47. The minimum atomic E-state index is 0.170. The molecule has 0 saturated heterocycles. The maximum atomic E-state index is 5.47. The Hall–Kier alpha value is -0.860. The fourth-order valence-corrected chi connectivity index (χ4v) is 0.969. The van der Waals surface area contributed by atoms with Gasteiger partial charge in [0.2, 0.25) is 0 Å². The van der Waals surface area contributed by atoms with Crippen molar-refractivity contribution in [2.24, 2.45) is 5.73 Å². The molecule has 0 amide bonds. The summed E-state index contributed by atoms with van der Waals surface area (Å²) in [6.45, 7) is 4.72. The van der Waals surface area contributed by atoms with Crippen molar-refractivity contribution in [1.29, 1.82) is 0 Å². The van der Waals surface area contributed by atoms with Gasteiger partial charge in [-0.1, -0.05) is 36.0 Å². The quantitative estimate of drug-likeness (QED) is 0.661. The first-order chi connectivity index (χ1) is 6.74. The molecule has 0 bridgehead atoms. The molecule has 0 saturated carbocycles. The fourth-order valence-electron chi connectivity index (χ4n) is 0.969. The molecule has 0 spiro atoms. The van der Waals surface area contributed by atoms with Crippen molar-refractivity contribution < 1.29 is 4.74 Å². The van der Waals surface area contributed by atoms with Crippen LogP contribution in [0.3, 0.4) is 0 Å². The van der Waals surface area contributed by atoms with Crippen LogP contribution in [0.2, 0.25) is 0 Å². The Morgan fingerprint density at radius 1 is 1.43 bits per heavy atom. The third-order valence-electron chi connectivity index (χ3n) is 1.98. The van der Waals surface area contributed by atoms with Crippen LogP contribution in [0.5, 0.6) is 0 Å². The summed E-state index contributed by atoms with van der Waals surface area (Å²) in [5.74, 6) is 0. The topological polar surface area (TPSA) is 35.2 Å². The molecule has 0 aliphatic rings. The van der Waals surface area contributed by atoms with Gasteiger partial charge >= 0.3 is 0 Å². The lowest BCUT2D eigenvalue weighted by molar-refractivity contribution is 0.156. The van der Waals surface area contributed by atoms with E-state index in [0.29, 0.717) is 6.54 Å². The molecule has 0 heterocycles. The number of hydrogen-bond acceptors (Lipinski definition) is 2. The summed E-state index contributed by atoms with van der Waals surface area (Å²) in [5.41, 5.74) is 6.73. The van der Waals surface area contributed by atoms with Crippen LogP contribution < -0.4 is 5.73 Å². The maximum Gasteiger partial charge on any atom is 0.0726 e. The molecular formula is C12H21NO. The van der Waals surface area contributed by atoms with E-state index in [2.05, 4.69) is 12.2 Å². The summed E-state index contributed by atoms with van der Waals surface area (Å²) in [4.78, 5) is 0. The van der Waals surface area contributed by atoms with Crippen LogP contribution in [-0.4, -0.2) is 19.8 Å². The summed E-state index contributed by atoms with van der Waals surface area (Å²) in [6.07, 6.45) is 11.3. The van der Waals surface area contributed by atoms with Gasteiger partial charge in [0.05, 0.1) is 6.10 Å². The first-order valence-electron chi connectivity index (χ1n) is 4.97. The van der Waals surface area contributed by atoms with Gasteiger partial charge in [0, 0.05) is 7.11 Å². The standard InChI is InChI=1S/C12H21NO/c1-4-12(9-10-13)8-6-5-7-11(2)14-3/h4-8,11H,9-10,13H2,1-3H3/b7-5-,8-6-,12-4+. The van der Waals surface area contributed by atoms with Crippen molar-refractivity contribution in [3.05, 3.63) is 36.0 Å². The zero-order chi connectivity index (χ0) is 10.8. The lowest BCUT2D eigenvalue weighted by Gasteiger charge is -2.00. The molecule has 2 nitrogen and oxygen atoms in total. The summed E-state index contributed by atoms with van der Waals surface area (Å²) < 4.78 is 5.08. The van der Waals surface area contributed by atoms with Gasteiger partial charge in [-0.3, -0.25) is 0 Å². The van der Waals surface area contributed by atoms with Gasteiger partial charge in [-0.15, -0.1) is 0 Å². The van der Waals surface area contributed by atoms with Gasteiger partial charge in [0.1, 0.15) is 0 Å². The van der Waals surface area contributed by atoms with E-state index in [9.17, 15) is 0 Å².